The predicted molar refractivity (Wildman–Crippen MR) is 114 cm³/mol. The first kappa shape index (κ1) is 22.3. The lowest BCUT2D eigenvalue weighted by Crippen LogP contribution is -3.12. The molecule has 2 rings (SSSR count). The van der Waals surface area contributed by atoms with E-state index in [2.05, 4.69) is 24.1 Å². The molecule has 2 aromatic rings. The van der Waals surface area contributed by atoms with E-state index in [1.807, 2.05) is 13.8 Å². The summed E-state index contributed by atoms with van der Waals surface area (Å²) in [5.74, 6) is -0.450. The number of anilines is 1. The summed E-state index contributed by atoms with van der Waals surface area (Å²) in [6, 6.07) is 6.82. The van der Waals surface area contributed by atoms with Crippen LogP contribution in [0.5, 0.6) is 0 Å². The first-order valence-corrected chi connectivity index (χ1v) is 10.7. The maximum Gasteiger partial charge on any atom is 0.254 e. The zero-order valence-corrected chi connectivity index (χ0v) is 18.4. The van der Waals surface area contributed by atoms with Gasteiger partial charge in [-0.1, -0.05) is 17.7 Å². The smallest absolute Gasteiger partial charge is 0.254 e. The third-order valence-electron chi connectivity index (χ3n) is 4.70. The van der Waals surface area contributed by atoms with Gasteiger partial charge < -0.3 is 15.1 Å². The molecule has 2 amide bonds. The fourth-order valence-corrected chi connectivity index (χ4v) is 3.83. The van der Waals surface area contributed by atoms with Gasteiger partial charge in [0.2, 0.25) is 5.91 Å². The van der Waals surface area contributed by atoms with Crippen molar-refractivity contribution in [1.82, 2.24) is 9.88 Å². The van der Waals surface area contributed by atoms with Crippen LogP contribution in [0.3, 0.4) is 0 Å². The van der Waals surface area contributed by atoms with E-state index in [1.54, 1.807) is 29.2 Å². The van der Waals surface area contributed by atoms with Gasteiger partial charge in [0.25, 0.3) is 5.91 Å². The first-order chi connectivity index (χ1) is 13.3. The number of carbonyl (C=O) groups excluding carboxylic acids is 2. The van der Waals surface area contributed by atoms with Gasteiger partial charge in [-0.15, -0.1) is 11.3 Å². The Bertz CT molecular complexity index is 801. The van der Waals surface area contributed by atoms with Crippen LogP contribution in [-0.4, -0.2) is 54.4 Å². The van der Waals surface area contributed by atoms with Crippen LogP contribution in [0.1, 0.15) is 34.8 Å². The number of halogens is 1. The molecular formula is C20H28ClN4O2S+. The third-order valence-corrected chi connectivity index (χ3v) is 5.93. The van der Waals surface area contributed by atoms with Crippen LogP contribution >= 0.6 is 22.9 Å². The number of nitrogens with one attached hydrogen (secondary N) is 2. The molecule has 0 saturated carbocycles. The van der Waals surface area contributed by atoms with Crippen LogP contribution < -0.4 is 10.2 Å². The molecule has 1 aromatic heterocycles. The molecule has 2 N–H and O–H groups in total. The Morgan fingerprint density at radius 3 is 2.54 bits per heavy atom. The van der Waals surface area contributed by atoms with Crippen LogP contribution in [0.2, 0.25) is 5.02 Å². The number of aromatic nitrogens is 1. The number of aryl methyl sites for hydroxylation is 2. The number of benzene rings is 1. The first-order valence-electron chi connectivity index (χ1n) is 9.46. The maximum atomic E-state index is 13.0. The van der Waals surface area contributed by atoms with E-state index in [1.165, 1.54) is 16.2 Å². The Balaban J connectivity index is 2.12. The molecular weight excluding hydrogens is 396 g/mol. The Morgan fingerprint density at radius 2 is 1.96 bits per heavy atom. The van der Waals surface area contributed by atoms with Gasteiger partial charge in [-0.25, -0.2) is 4.98 Å². The number of amides is 2. The second-order valence-corrected chi connectivity index (χ2v) is 8.29. The zero-order chi connectivity index (χ0) is 20.7. The molecule has 8 heteroatoms. The van der Waals surface area contributed by atoms with Crippen molar-refractivity contribution < 1.29 is 14.5 Å². The minimum atomic E-state index is -0.251. The highest BCUT2D eigenvalue weighted by molar-refractivity contribution is 7.15. The molecule has 1 heterocycles. The fourth-order valence-electron chi connectivity index (χ4n) is 2.81. The number of quaternary nitrogens is 1. The second-order valence-electron chi connectivity index (χ2n) is 6.65. The topological polar surface area (TPSA) is 66.7 Å². The highest BCUT2D eigenvalue weighted by atomic mass is 35.5. The lowest BCUT2D eigenvalue weighted by molar-refractivity contribution is -0.895. The standard InChI is InChI=1S/C20H27ClN4O2S/c1-5-24(6-2)10-11-25(19(27)16-8-7-9-17(21)12-16)13-18(26)23-20-22-14(3)15(4)28-20/h7-9,12H,5-6,10-11,13H2,1-4H3,(H,22,23,26)/p+1. The van der Waals surface area contributed by atoms with Crippen LogP contribution in [0, 0.1) is 13.8 Å². The van der Waals surface area contributed by atoms with Crippen LogP contribution in [-0.2, 0) is 4.79 Å². The Hall–Kier alpha value is -1.96. The molecule has 0 atom stereocenters. The van der Waals surface area contributed by atoms with E-state index >= 15 is 0 Å². The number of likely N-dealkylation sites (N-methyl/N-ethyl adjacent to an activating group) is 1. The summed E-state index contributed by atoms with van der Waals surface area (Å²) >= 11 is 7.47. The van der Waals surface area contributed by atoms with Crippen molar-refractivity contribution in [3.63, 3.8) is 0 Å². The largest absolute Gasteiger partial charge is 0.334 e. The van der Waals surface area contributed by atoms with Crippen molar-refractivity contribution in [3.8, 4) is 0 Å². The van der Waals surface area contributed by atoms with E-state index in [-0.39, 0.29) is 18.4 Å². The molecule has 6 nitrogen and oxygen atoms in total. The molecule has 0 aliphatic rings. The predicted octanol–water partition coefficient (Wildman–Crippen LogP) is 2.42. The third kappa shape index (κ3) is 6.29. The van der Waals surface area contributed by atoms with E-state index in [0.717, 1.165) is 30.2 Å². The normalized spacial score (nSPS) is 10.9. The van der Waals surface area contributed by atoms with E-state index in [9.17, 15) is 9.59 Å². The van der Waals surface area contributed by atoms with Crippen LogP contribution in [0.25, 0.3) is 0 Å². The molecule has 0 fully saturated rings. The zero-order valence-electron chi connectivity index (χ0n) is 16.8. The number of carbonyl (C=O) groups is 2. The number of thiazole rings is 1. The minimum Gasteiger partial charge on any atom is -0.334 e. The SMILES string of the molecule is CC[NH+](CC)CCN(CC(=O)Nc1nc(C)c(C)s1)C(=O)c1cccc(Cl)c1. The summed E-state index contributed by atoms with van der Waals surface area (Å²) in [5, 5.41) is 3.87. The van der Waals surface area contributed by atoms with Gasteiger partial charge in [-0.05, 0) is 45.9 Å². The molecule has 28 heavy (non-hydrogen) atoms. The van der Waals surface area contributed by atoms with Gasteiger partial charge in [0, 0.05) is 15.5 Å². The lowest BCUT2D eigenvalue weighted by atomic mass is 10.2. The van der Waals surface area contributed by atoms with Crippen LogP contribution in [0.15, 0.2) is 24.3 Å². The van der Waals surface area contributed by atoms with Gasteiger partial charge >= 0.3 is 0 Å². The molecule has 0 saturated heterocycles. The summed E-state index contributed by atoms with van der Waals surface area (Å²) in [4.78, 5) is 33.9. The summed E-state index contributed by atoms with van der Waals surface area (Å²) in [7, 11) is 0. The molecule has 0 aliphatic carbocycles. The van der Waals surface area contributed by atoms with Crippen molar-refractivity contribution in [2.75, 3.05) is 38.0 Å². The number of hydrogen-bond donors (Lipinski definition) is 2. The Labute approximate surface area is 175 Å². The Kier molecular flexibility index (Phi) is 8.41. The highest BCUT2D eigenvalue weighted by Crippen LogP contribution is 2.21. The van der Waals surface area contributed by atoms with Crippen molar-refractivity contribution in [3.05, 3.63) is 45.4 Å². The molecule has 0 spiro atoms. The van der Waals surface area contributed by atoms with Crippen molar-refractivity contribution in [2.24, 2.45) is 0 Å². The quantitative estimate of drug-likeness (QED) is 0.650. The molecule has 0 aliphatic heterocycles. The summed E-state index contributed by atoms with van der Waals surface area (Å²) < 4.78 is 0. The van der Waals surface area contributed by atoms with E-state index in [4.69, 9.17) is 11.6 Å². The Morgan fingerprint density at radius 1 is 1.25 bits per heavy atom. The monoisotopic (exact) mass is 423 g/mol. The number of hydrogen-bond acceptors (Lipinski definition) is 4. The van der Waals surface area contributed by atoms with Crippen LogP contribution in [0.4, 0.5) is 5.13 Å². The highest BCUT2D eigenvalue weighted by Gasteiger charge is 2.21. The van der Waals surface area contributed by atoms with Crippen molar-refractivity contribution >= 4 is 39.9 Å². The molecule has 0 radical (unpaired) electrons. The summed E-state index contributed by atoms with van der Waals surface area (Å²) in [6.45, 7) is 11.3. The van der Waals surface area contributed by atoms with Gasteiger partial charge in [0.05, 0.1) is 31.9 Å². The number of rotatable bonds is 9. The fraction of sp³-hybridized carbons (Fsp3) is 0.450. The minimum absolute atomic E-state index is 0.0241. The summed E-state index contributed by atoms with van der Waals surface area (Å²) in [5.41, 5.74) is 1.38. The van der Waals surface area contributed by atoms with Crippen molar-refractivity contribution in [1.29, 1.82) is 0 Å². The van der Waals surface area contributed by atoms with Gasteiger partial charge in [0.15, 0.2) is 5.13 Å². The van der Waals surface area contributed by atoms with E-state index < -0.39 is 0 Å². The van der Waals surface area contributed by atoms with E-state index in [0.29, 0.717) is 22.3 Å². The second kappa shape index (κ2) is 10.5. The van der Waals surface area contributed by atoms with Gasteiger partial charge in [-0.3, -0.25) is 9.59 Å². The maximum absolute atomic E-state index is 13.0. The molecule has 0 bridgehead atoms. The molecule has 1 aromatic carbocycles. The number of nitrogens with zero attached hydrogens (tertiary/aromatic N) is 2. The summed E-state index contributed by atoms with van der Waals surface area (Å²) in [6.07, 6.45) is 0. The van der Waals surface area contributed by atoms with Gasteiger partial charge in [0.1, 0.15) is 6.54 Å². The average molecular weight is 424 g/mol. The average Bonchev–Trinajstić information content (AvgIpc) is 2.97. The van der Waals surface area contributed by atoms with Gasteiger partial charge in [-0.2, -0.15) is 0 Å². The molecule has 0 unspecified atom stereocenters. The molecule has 152 valence electrons. The lowest BCUT2D eigenvalue weighted by Gasteiger charge is -2.24. The van der Waals surface area contributed by atoms with Crippen molar-refractivity contribution in [2.45, 2.75) is 27.7 Å².